The second-order valence-electron chi connectivity index (χ2n) is 7.65. The number of aromatic amines is 1. The number of aromatic nitrogens is 2. The molecular formula is C24H24N2O5. The fourth-order valence-corrected chi connectivity index (χ4v) is 4.22. The van der Waals surface area contributed by atoms with Crippen molar-refractivity contribution in [3.63, 3.8) is 0 Å². The van der Waals surface area contributed by atoms with Gasteiger partial charge in [0.25, 0.3) is 0 Å². The number of carbonyl (C=O) groups excluding carboxylic acids is 2. The van der Waals surface area contributed by atoms with E-state index in [2.05, 4.69) is 9.97 Å². The first-order chi connectivity index (χ1) is 15.0. The Morgan fingerprint density at radius 2 is 1.74 bits per heavy atom. The standard InChI is InChI=1S/C24H24N2O5/c1-30-22(28)20(21-25-17-11-5-6-12-18(17)26-21)19(27)15-31-23(29)24(13-7-8-14-24)16-9-3-2-4-10-16/h2-6,9-12,27H,7-8,13-15H2,1H3,(H,25,26)/b20-19+. The Morgan fingerprint density at radius 1 is 1.06 bits per heavy atom. The van der Waals surface area contributed by atoms with E-state index >= 15 is 0 Å². The summed E-state index contributed by atoms with van der Waals surface area (Å²) in [7, 11) is 1.22. The van der Waals surface area contributed by atoms with Crippen LogP contribution in [0.5, 0.6) is 0 Å². The van der Waals surface area contributed by atoms with Gasteiger partial charge in [-0.2, -0.15) is 0 Å². The molecule has 1 aliphatic carbocycles. The number of imidazole rings is 1. The van der Waals surface area contributed by atoms with Crippen molar-refractivity contribution < 1.29 is 24.2 Å². The van der Waals surface area contributed by atoms with Crippen LogP contribution in [0.1, 0.15) is 37.1 Å². The van der Waals surface area contributed by atoms with Crippen LogP contribution in [0.25, 0.3) is 16.6 Å². The van der Waals surface area contributed by atoms with Crippen molar-refractivity contribution in [1.82, 2.24) is 9.97 Å². The summed E-state index contributed by atoms with van der Waals surface area (Å²) in [4.78, 5) is 32.8. The predicted octanol–water partition coefficient (Wildman–Crippen LogP) is 4.06. The number of fused-ring (bicyclic) bond motifs is 1. The normalized spacial score (nSPS) is 16.0. The lowest BCUT2D eigenvalue weighted by Crippen LogP contribution is -2.35. The molecule has 0 atom stereocenters. The van der Waals surface area contributed by atoms with E-state index in [0.717, 1.165) is 18.4 Å². The average molecular weight is 420 g/mol. The molecule has 1 aromatic heterocycles. The quantitative estimate of drug-likeness (QED) is 0.354. The second kappa shape index (κ2) is 8.63. The van der Waals surface area contributed by atoms with Gasteiger partial charge in [-0.1, -0.05) is 55.3 Å². The van der Waals surface area contributed by atoms with Crippen molar-refractivity contribution in [1.29, 1.82) is 0 Å². The van der Waals surface area contributed by atoms with Crippen molar-refractivity contribution in [2.45, 2.75) is 31.1 Å². The molecule has 0 spiro atoms. The highest BCUT2D eigenvalue weighted by molar-refractivity contribution is 6.16. The zero-order chi connectivity index (χ0) is 21.8. The highest BCUT2D eigenvalue weighted by Crippen LogP contribution is 2.42. The Bertz CT molecular complexity index is 1090. The van der Waals surface area contributed by atoms with Gasteiger partial charge < -0.3 is 19.6 Å². The van der Waals surface area contributed by atoms with Crippen molar-refractivity contribution in [3.05, 3.63) is 71.7 Å². The van der Waals surface area contributed by atoms with E-state index in [4.69, 9.17) is 9.47 Å². The van der Waals surface area contributed by atoms with Crippen molar-refractivity contribution >= 4 is 28.5 Å². The lowest BCUT2D eigenvalue weighted by atomic mass is 9.79. The Balaban J connectivity index is 1.61. The summed E-state index contributed by atoms with van der Waals surface area (Å²) in [6, 6.07) is 16.8. The molecule has 2 N–H and O–H groups in total. The molecule has 0 aliphatic heterocycles. The van der Waals surface area contributed by atoms with Crippen molar-refractivity contribution in [2.75, 3.05) is 13.7 Å². The third kappa shape index (κ3) is 3.91. The maximum absolute atomic E-state index is 13.1. The van der Waals surface area contributed by atoms with E-state index in [1.165, 1.54) is 7.11 Å². The summed E-state index contributed by atoms with van der Waals surface area (Å²) in [6.45, 7) is -0.450. The van der Waals surface area contributed by atoms with E-state index in [0.29, 0.717) is 23.9 Å². The summed E-state index contributed by atoms with van der Waals surface area (Å²) >= 11 is 0. The molecule has 0 saturated heterocycles. The highest BCUT2D eigenvalue weighted by Gasteiger charge is 2.44. The fourth-order valence-electron chi connectivity index (χ4n) is 4.22. The fraction of sp³-hybridized carbons (Fsp3) is 0.292. The number of rotatable bonds is 6. The second-order valence-corrected chi connectivity index (χ2v) is 7.65. The third-order valence-electron chi connectivity index (χ3n) is 5.82. The summed E-state index contributed by atoms with van der Waals surface area (Å²) in [5.41, 5.74) is 1.36. The molecule has 4 rings (SSSR count). The van der Waals surface area contributed by atoms with E-state index in [-0.39, 0.29) is 11.4 Å². The van der Waals surface area contributed by atoms with Gasteiger partial charge in [0.2, 0.25) is 0 Å². The number of hydrogen-bond acceptors (Lipinski definition) is 6. The number of ether oxygens (including phenoxy) is 2. The number of hydrogen-bond donors (Lipinski definition) is 2. The van der Waals surface area contributed by atoms with Crippen LogP contribution in [0.15, 0.2) is 60.4 Å². The Hall–Kier alpha value is -3.61. The number of aliphatic hydroxyl groups excluding tert-OH is 1. The number of para-hydroxylation sites is 2. The van der Waals surface area contributed by atoms with Crippen LogP contribution in [-0.4, -0.2) is 40.7 Å². The van der Waals surface area contributed by atoms with Crippen LogP contribution in [0.3, 0.4) is 0 Å². The first kappa shape index (κ1) is 20.7. The number of H-pyrrole nitrogens is 1. The van der Waals surface area contributed by atoms with Crippen LogP contribution in [-0.2, 0) is 24.5 Å². The molecule has 7 heteroatoms. The Kier molecular flexibility index (Phi) is 5.75. The van der Waals surface area contributed by atoms with Gasteiger partial charge >= 0.3 is 11.9 Å². The minimum absolute atomic E-state index is 0.153. The molecule has 7 nitrogen and oxygen atoms in total. The molecule has 0 bridgehead atoms. The number of esters is 2. The molecule has 1 saturated carbocycles. The third-order valence-corrected chi connectivity index (χ3v) is 5.82. The molecule has 0 amide bonds. The predicted molar refractivity (Wildman–Crippen MR) is 115 cm³/mol. The van der Waals surface area contributed by atoms with Gasteiger partial charge in [0.05, 0.1) is 23.6 Å². The van der Waals surface area contributed by atoms with Gasteiger partial charge in [0, 0.05) is 0 Å². The van der Waals surface area contributed by atoms with Crippen LogP contribution in [0.4, 0.5) is 0 Å². The van der Waals surface area contributed by atoms with E-state index in [9.17, 15) is 14.7 Å². The smallest absolute Gasteiger partial charge is 0.345 e. The molecule has 0 unspecified atom stereocenters. The SMILES string of the molecule is COC(=O)/C(=C(/O)COC(=O)C1(c2ccccc2)CCCC1)c1nc2ccccc2[nH]1. The maximum Gasteiger partial charge on any atom is 0.345 e. The van der Waals surface area contributed by atoms with Gasteiger partial charge in [0.15, 0.2) is 0 Å². The maximum atomic E-state index is 13.1. The van der Waals surface area contributed by atoms with Gasteiger partial charge in [-0.25, -0.2) is 9.78 Å². The largest absolute Gasteiger partial charge is 0.508 e. The molecule has 1 heterocycles. The van der Waals surface area contributed by atoms with Crippen molar-refractivity contribution in [3.8, 4) is 0 Å². The summed E-state index contributed by atoms with van der Waals surface area (Å²) in [5, 5.41) is 10.7. The van der Waals surface area contributed by atoms with E-state index in [1.54, 1.807) is 6.07 Å². The number of methoxy groups -OCH3 is 1. The molecule has 3 aromatic rings. The van der Waals surface area contributed by atoms with Crippen LogP contribution >= 0.6 is 0 Å². The van der Waals surface area contributed by atoms with Crippen LogP contribution in [0.2, 0.25) is 0 Å². The number of nitrogens with one attached hydrogen (secondary N) is 1. The summed E-state index contributed by atoms with van der Waals surface area (Å²) in [5.74, 6) is -1.44. The number of carbonyl (C=O) groups is 2. The number of nitrogens with zero attached hydrogens (tertiary/aromatic N) is 1. The zero-order valence-electron chi connectivity index (χ0n) is 17.3. The van der Waals surface area contributed by atoms with E-state index < -0.39 is 29.7 Å². The average Bonchev–Trinajstić information content (AvgIpc) is 3.46. The van der Waals surface area contributed by atoms with Gasteiger partial charge in [-0.15, -0.1) is 0 Å². The topological polar surface area (TPSA) is 102 Å². The molecular weight excluding hydrogens is 396 g/mol. The van der Waals surface area contributed by atoms with E-state index in [1.807, 2.05) is 48.5 Å². The van der Waals surface area contributed by atoms with Crippen LogP contribution in [0, 0.1) is 0 Å². The zero-order valence-corrected chi connectivity index (χ0v) is 17.3. The Labute approximate surface area is 179 Å². The minimum atomic E-state index is -0.772. The molecule has 1 fully saturated rings. The monoisotopic (exact) mass is 420 g/mol. The molecule has 160 valence electrons. The lowest BCUT2D eigenvalue weighted by Gasteiger charge is -2.27. The molecule has 1 aliphatic rings. The summed E-state index contributed by atoms with van der Waals surface area (Å²) < 4.78 is 10.3. The van der Waals surface area contributed by atoms with Crippen molar-refractivity contribution in [2.24, 2.45) is 0 Å². The number of aliphatic hydroxyl groups is 1. The van der Waals surface area contributed by atoms with Crippen LogP contribution < -0.4 is 0 Å². The van der Waals surface area contributed by atoms with Gasteiger partial charge in [-0.3, -0.25) is 4.79 Å². The molecule has 2 aromatic carbocycles. The van der Waals surface area contributed by atoms with Gasteiger partial charge in [0.1, 0.15) is 23.8 Å². The van der Waals surface area contributed by atoms with Gasteiger partial charge in [-0.05, 0) is 30.5 Å². The Morgan fingerprint density at radius 3 is 2.42 bits per heavy atom. The summed E-state index contributed by atoms with van der Waals surface area (Å²) in [6.07, 6.45) is 3.23. The first-order valence-corrected chi connectivity index (χ1v) is 10.2. The highest BCUT2D eigenvalue weighted by atomic mass is 16.5. The lowest BCUT2D eigenvalue weighted by molar-refractivity contribution is -0.150. The molecule has 0 radical (unpaired) electrons. The minimum Gasteiger partial charge on any atom is -0.508 e. The first-order valence-electron chi connectivity index (χ1n) is 10.2. The number of benzene rings is 2. The molecule has 31 heavy (non-hydrogen) atoms.